The van der Waals surface area contributed by atoms with Crippen molar-refractivity contribution in [3.05, 3.63) is 23.8 Å². The number of nitrogens with one attached hydrogen (secondary N) is 1. The van der Waals surface area contributed by atoms with E-state index in [0.29, 0.717) is 23.0 Å². The molecule has 1 atom stereocenters. The number of fused-ring (bicyclic) bond motifs is 1. The third-order valence-electron chi connectivity index (χ3n) is 3.82. The van der Waals surface area contributed by atoms with Crippen molar-refractivity contribution in [2.45, 2.75) is 32.6 Å². The van der Waals surface area contributed by atoms with Crippen LogP contribution in [0.3, 0.4) is 0 Å². The van der Waals surface area contributed by atoms with Crippen molar-refractivity contribution in [3.8, 4) is 11.5 Å². The van der Waals surface area contributed by atoms with Gasteiger partial charge in [-0.1, -0.05) is 13.3 Å². The van der Waals surface area contributed by atoms with Crippen LogP contribution in [-0.2, 0) is 0 Å². The highest BCUT2D eigenvalue weighted by molar-refractivity contribution is 5.96. The molecule has 1 saturated carbocycles. The van der Waals surface area contributed by atoms with Crippen molar-refractivity contribution >= 4 is 11.6 Å². The van der Waals surface area contributed by atoms with Gasteiger partial charge in [-0.3, -0.25) is 4.79 Å². The zero-order chi connectivity index (χ0) is 13.9. The summed E-state index contributed by atoms with van der Waals surface area (Å²) in [5, 5.41) is 4.28. The summed E-state index contributed by atoms with van der Waals surface area (Å²) in [7, 11) is 0. The first kappa shape index (κ1) is 13.0. The van der Waals surface area contributed by atoms with E-state index < -0.39 is 0 Å². The van der Waals surface area contributed by atoms with Crippen LogP contribution >= 0.6 is 0 Å². The Morgan fingerprint density at radius 3 is 3.00 bits per heavy atom. The third kappa shape index (κ3) is 2.61. The Hall–Kier alpha value is -2.04. The molecule has 1 aliphatic carbocycles. The lowest BCUT2D eigenvalue weighted by Gasteiger charge is -2.19. The van der Waals surface area contributed by atoms with Gasteiger partial charge in [-0.15, -0.1) is 0 Å². The second-order valence-corrected chi connectivity index (χ2v) is 5.26. The van der Waals surface area contributed by atoms with Crippen LogP contribution in [0.4, 0.5) is 0 Å². The number of hydrogen-bond donors (Lipinski definition) is 1. The number of carbonyl (C=O) groups is 1. The zero-order valence-corrected chi connectivity index (χ0v) is 11.5. The summed E-state index contributed by atoms with van der Waals surface area (Å²) < 4.78 is 10.5. The molecule has 1 amide bonds. The van der Waals surface area contributed by atoms with E-state index >= 15 is 0 Å². The van der Waals surface area contributed by atoms with Crippen molar-refractivity contribution in [3.63, 3.8) is 0 Å². The molecule has 1 heterocycles. The van der Waals surface area contributed by atoms with E-state index in [0.717, 1.165) is 25.0 Å². The molecule has 0 aromatic heterocycles. The first-order valence-electron chi connectivity index (χ1n) is 7.00. The van der Waals surface area contributed by atoms with Crippen LogP contribution < -0.4 is 14.9 Å². The molecule has 0 radical (unpaired) electrons. The SMILES string of the molecule is C[C@@H]1CCCC/C1=N/NC(=O)c1ccc2c(c1)OCO2. The molecule has 0 bridgehead atoms. The fourth-order valence-electron chi connectivity index (χ4n) is 2.56. The predicted octanol–water partition coefficient (Wildman–Crippen LogP) is 2.71. The first-order valence-corrected chi connectivity index (χ1v) is 7.00. The number of ether oxygens (including phenoxy) is 2. The predicted molar refractivity (Wildman–Crippen MR) is 75.1 cm³/mol. The van der Waals surface area contributed by atoms with Crippen molar-refractivity contribution in [2.75, 3.05) is 6.79 Å². The van der Waals surface area contributed by atoms with Gasteiger partial charge in [0.05, 0.1) is 0 Å². The maximum absolute atomic E-state index is 12.1. The number of benzene rings is 1. The normalized spacial score (nSPS) is 22.9. The largest absolute Gasteiger partial charge is 0.454 e. The second-order valence-electron chi connectivity index (χ2n) is 5.26. The molecule has 1 aromatic rings. The summed E-state index contributed by atoms with van der Waals surface area (Å²) >= 11 is 0. The van der Waals surface area contributed by atoms with Crippen LogP contribution in [0.5, 0.6) is 11.5 Å². The van der Waals surface area contributed by atoms with Gasteiger partial charge in [0.1, 0.15) is 0 Å². The quantitative estimate of drug-likeness (QED) is 0.843. The third-order valence-corrected chi connectivity index (χ3v) is 3.82. The first-order chi connectivity index (χ1) is 9.74. The molecule has 3 rings (SSSR count). The highest BCUT2D eigenvalue weighted by atomic mass is 16.7. The van der Waals surface area contributed by atoms with Gasteiger partial charge in [0.2, 0.25) is 6.79 Å². The number of rotatable bonds is 2. The molecule has 0 unspecified atom stereocenters. The summed E-state index contributed by atoms with van der Waals surface area (Å²) in [5.41, 5.74) is 4.26. The molecule has 5 nitrogen and oxygen atoms in total. The second kappa shape index (κ2) is 5.53. The molecular weight excluding hydrogens is 256 g/mol. The van der Waals surface area contributed by atoms with Crippen molar-refractivity contribution < 1.29 is 14.3 Å². The Kier molecular flexibility index (Phi) is 3.58. The summed E-state index contributed by atoms with van der Waals surface area (Å²) in [5.74, 6) is 1.53. The summed E-state index contributed by atoms with van der Waals surface area (Å²) in [6.07, 6.45) is 4.53. The van der Waals surface area contributed by atoms with Gasteiger partial charge < -0.3 is 9.47 Å². The average Bonchev–Trinajstić information content (AvgIpc) is 2.93. The number of nitrogens with zero attached hydrogens (tertiary/aromatic N) is 1. The van der Waals surface area contributed by atoms with Gasteiger partial charge in [0.25, 0.3) is 5.91 Å². The Balaban J connectivity index is 1.68. The van der Waals surface area contributed by atoms with Gasteiger partial charge in [0, 0.05) is 11.3 Å². The number of amides is 1. The molecule has 0 saturated heterocycles. The maximum Gasteiger partial charge on any atom is 0.271 e. The van der Waals surface area contributed by atoms with E-state index in [-0.39, 0.29) is 12.7 Å². The smallest absolute Gasteiger partial charge is 0.271 e. The zero-order valence-electron chi connectivity index (χ0n) is 11.5. The van der Waals surface area contributed by atoms with E-state index in [9.17, 15) is 4.79 Å². The maximum atomic E-state index is 12.1. The highest BCUT2D eigenvalue weighted by Gasteiger charge is 2.18. The molecule has 106 valence electrons. The average molecular weight is 274 g/mol. The Bertz CT molecular complexity index is 554. The molecule has 5 heteroatoms. The number of hydrogen-bond acceptors (Lipinski definition) is 4. The van der Waals surface area contributed by atoms with Gasteiger partial charge in [-0.25, -0.2) is 5.43 Å². The van der Waals surface area contributed by atoms with E-state index in [4.69, 9.17) is 9.47 Å². The highest BCUT2D eigenvalue weighted by Crippen LogP contribution is 2.32. The standard InChI is InChI=1S/C15H18N2O3/c1-10-4-2-3-5-12(10)16-17-15(18)11-6-7-13-14(8-11)20-9-19-13/h6-8,10H,2-5,9H2,1H3,(H,17,18)/b16-12-/t10-/m1/s1. The van der Waals surface area contributed by atoms with Crippen molar-refractivity contribution in [1.29, 1.82) is 0 Å². The minimum absolute atomic E-state index is 0.209. The van der Waals surface area contributed by atoms with E-state index in [1.807, 2.05) is 0 Å². The molecule has 20 heavy (non-hydrogen) atoms. The molecule has 1 N–H and O–H groups in total. The molecule has 0 spiro atoms. The minimum Gasteiger partial charge on any atom is -0.454 e. The Labute approximate surface area is 118 Å². The Morgan fingerprint density at radius 1 is 1.30 bits per heavy atom. The molecule has 1 fully saturated rings. The molecular formula is C15H18N2O3. The van der Waals surface area contributed by atoms with Crippen LogP contribution in [0.2, 0.25) is 0 Å². The molecule has 1 aliphatic heterocycles. The van der Waals surface area contributed by atoms with E-state index in [1.54, 1.807) is 18.2 Å². The topological polar surface area (TPSA) is 59.9 Å². The lowest BCUT2D eigenvalue weighted by molar-refractivity contribution is 0.0954. The number of hydrazone groups is 1. The van der Waals surface area contributed by atoms with Gasteiger partial charge in [0.15, 0.2) is 11.5 Å². The molecule has 2 aliphatic rings. The van der Waals surface area contributed by atoms with Gasteiger partial charge in [-0.05, 0) is 43.4 Å². The van der Waals surface area contributed by atoms with Gasteiger partial charge >= 0.3 is 0 Å². The lowest BCUT2D eigenvalue weighted by Crippen LogP contribution is -2.24. The summed E-state index contributed by atoms with van der Waals surface area (Å²) in [6, 6.07) is 5.14. The van der Waals surface area contributed by atoms with Crippen LogP contribution in [0.15, 0.2) is 23.3 Å². The summed E-state index contributed by atoms with van der Waals surface area (Å²) in [4.78, 5) is 12.1. The van der Waals surface area contributed by atoms with Crippen LogP contribution in [-0.4, -0.2) is 18.4 Å². The minimum atomic E-state index is -0.214. The monoisotopic (exact) mass is 274 g/mol. The van der Waals surface area contributed by atoms with E-state index in [1.165, 1.54) is 6.42 Å². The van der Waals surface area contributed by atoms with E-state index in [2.05, 4.69) is 17.5 Å². The van der Waals surface area contributed by atoms with Crippen molar-refractivity contribution in [2.24, 2.45) is 11.0 Å². The molecule has 1 aromatic carbocycles. The fraction of sp³-hybridized carbons (Fsp3) is 0.467. The van der Waals surface area contributed by atoms with Crippen LogP contribution in [0.25, 0.3) is 0 Å². The van der Waals surface area contributed by atoms with Crippen LogP contribution in [0.1, 0.15) is 43.0 Å². The summed E-state index contributed by atoms with van der Waals surface area (Å²) in [6.45, 7) is 2.37. The number of carbonyl (C=O) groups excluding carboxylic acids is 1. The van der Waals surface area contributed by atoms with Crippen LogP contribution in [0, 0.1) is 5.92 Å². The van der Waals surface area contributed by atoms with Crippen molar-refractivity contribution in [1.82, 2.24) is 5.43 Å². The van der Waals surface area contributed by atoms with Gasteiger partial charge in [-0.2, -0.15) is 5.10 Å². The Morgan fingerprint density at radius 2 is 2.15 bits per heavy atom. The fourth-order valence-corrected chi connectivity index (χ4v) is 2.56. The lowest BCUT2D eigenvalue weighted by atomic mass is 9.89.